The first-order chi connectivity index (χ1) is 9.19. The molecule has 3 heteroatoms. The molecule has 1 aromatic heterocycles. The smallest absolute Gasteiger partial charge is 0.0596 e. The lowest BCUT2D eigenvalue weighted by molar-refractivity contribution is 0.378. The molecule has 3 nitrogen and oxygen atoms in total. The average Bonchev–Trinajstić information content (AvgIpc) is 2.58. The van der Waals surface area contributed by atoms with E-state index in [2.05, 4.69) is 42.1 Å². The first-order valence-electron chi connectivity index (χ1n) is 7.92. The molecule has 2 rings (SSSR count). The minimum atomic E-state index is 0.738. The van der Waals surface area contributed by atoms with Crippen molar-refractivity contribution in [2.24, 2.45) is 13.0 Å². The highest BCUT2D eigenvalue weighted by Crippen LogP contribution is 2.26. The van der Waals surface area contributed by atoms with Crippen molar-refractivity contribution in [2.75, 3.05) is 6.54 Å². The summed E-state index contributed by atoms with van der Waals surface area (Å²) < 4.78 is 2.06. The summed E-state index contributed by atoms with van der Waals surface area (Å²) in [6.07, 6.45) is 9.30. The molecule has 2 unspecified atom stereocenters. The number of aryl methyl sites for hydroxylation is 2. The van der Waals surface area contributed by atoms with Gasteiger partial charge >= 0.3 is 0 Å². The zero-order valence-corrected chi connectivity index (χ0v) is 12.8. The third-order valence-electron chi connectivity index (χ3n) is 4.31. The second-order valence-corrected chi connectivity index (χ2v) is 6.14. The third-order valence-corrected chi connectivity index (χ3v) is 4.31. The van der Waals surface area contributed by atoms with Crippen LogP contribution in [0.5, 0.6) is 0 Å². The fourth-order valence-electron chi connectivity index (χ4n) is 3.33. The fourth-order valence-corrected chi connectivity index (χ4v) is 3.33. The highest BCUT2D eigenvalue weighted by Gasteiger charge is 2.21. The second-order valence-electron chi connectivity index (χ2n) is 6.14. The molecule has 108 valence electrons. The molecule has 1 aromatic rings. The molecular formula is C16H29N3. The lowest BCUT2D eigenvalue weighted by Crippen LogP contribution is -2.31. The van der Waals surface area contributed by atoms with E-state index in [1.54, 1.807) is 0 Å². The predicted octanol–water partition coefficient (Wildman–Crippen LogP) is 3.22. The zero-order valence-electron chi connectivity index (χ0n) is 12.8. The van der Waals surface area contributed by atoms with E-state index in [-0.39, 0.29) is 0 Å². The van der Waals surface area contributed by atoms with Gasteiger partial charge < -0.3 is 5.32 Å². The SMILES string of the molecule is CCCNC1CCCCC(Cc2cc(C)nn2C)C1. The third kappa shape index (κ3) is 4.34. The van der Waals surface area contributed by atoms with E-state index in [4.69, 9.17) is 0 Å². The van der Waals surface area contributed by atoms with Crippen LogP contribution in [0.3, 0.4) is 0 Å². The zero-order chi connectivity index (χ0) is 13.7. The number of nitrogens with one attached hydrogen (secondary N) is 1. The van der Waals surface area contributed by atoms with Gasteiger partial charge in [0.05, 0.1) is 5.69 Å². The monoisotopic (exact) mass is 263 g/mol. The average molecular weight is 263 g/mol. The summed E-state index contributed by atoms with van der Waals surface area (Å²) in [6.45, 7) is 5.50. The normalized spacial score (nSPS) is 24.4. The molecule has 2 atom stereocenters. The van der Waals surface area contributed by atoms with Gasteiger partial charge in [-0.25, -0.2) is 0 Å². The quantitative estimate of drug-likeness (QED) is 0.827. The molecule has 0 amide bonds. The van der Waals surface area contributed by atoms with Crippen LogP contribution in [0.15, 0.2) is 6.07 Å². The van der Waals surface area contributed by atoms with Crippen LogP contribution in [0.2, 0.25) is 0 Å². The summed E-state index contributed by atoms with van der Waals surface area (Å²) >= 11 is 0. The molecule has 0 aromatic carbocycles. The Labute approximate surface area is 117 Å². The molecule has 0 bridgehead atoms. The van der Waals surface area contributed by atoms with Crippen molar-refractivity contribution in [1.29, 1.82) is 0 Å². The minimum absolute atomic E-state index is 0.738. The number of nitrogens with zero attached hydrogens (tertiary/aromatic N) is 2. The van der Waals surface area contributed by atoms with Crippen LogP contribution in [0.25, 0.3) is 0 Å². The van der Waals surface area contributed by atoms with E-state index in [1.807, 2.05) is 0 Å². The molecule has 19 heavy (non-hydrogen) atoms. The van der Waals surface area contributed by atoms with Crippen molar-refractivity contribution >= 4 is 0 Å². The van der Waals surface area contributed by atoms with Crippen molar-refractivity contribution in [3.63, 3.8) is 0 Å². The standard InChI is InChI=1S/C16H29N3/c1-4-9-17-15-8-6-5-7-14(11-15)12-16-10-13(2)18-19(16)3/h10,14-15,17H,4-9,11-12H2,1-3H3. The van der Waals surface area contributed by atoms with Gasteiger partial charge in [-0.05, 0) is 51.1 Å². The number of rotatable bonds is 5. The number of hydrogen-bond donors (Lipinski definition) is 1. The Morgan fingerprint density at radius 1 is 1.37 bits per heavy atom. The topological polar surface area (TPSA) is 29.9 Å². The van der Waals surface area contributed by atoms with Gasteiger partial charge in [0, 0.05) is 18.8 Å². The number of hydrogen-bond acceptors (Lipinski definition) is 2. The highest BCUT2D eigenvalue weighted by atomic mass is 15.3. The molecule has 1 N–H and O–H groups in total. The van der Waals surface area contributed by atoms with Crippen molar-refractivity contribution in [1.82, 2.24) is 15.1 Å². The van der Waals surface area contributed by atoms with Gasteiger partial charge in [-0.3, -0.25) is 4.68 Å². The van der Waals surface area contributed by atoms with Crippen LogP contribution >= 0.6 is 0 Å². The van der Waals surface area contributed by atoms with Gasteiger partial charge in [0.2, 0.25) is 0 Å². The molecule has 1 aliphatic carbocycles. The Hall–Kier alpha value is -0.830. The summed E-state index contributed by atoms with van der Waals surface area (Å²) in [5.41, 5.74) is 2.55. The molecule has 1 fully saturated rings. The van der Waals surface area contributed by atoms with Crippen LogP contribution in [-0.4, -0.2) is 22.4 Å². The van der Waals surface area contributed by atoms with Crippen molar-refractivity contribution in [2.45, 2.75) is 64.8 Å². The van der Waals surface area contributed by atoms with Gasteiger partial charge in [0.15, 0.2) is 0 Å². The van der Waals surface area contributed by atoms with E-state index < -0.39 is 0 Å². The lowest BCUT2D eigenvalue weighted by atomic mass is 9.93. The van der Waals surface area contributed by atoms with Gasteiger partial charge in [-0.2, -0.15) is 5.10 Å². The first-order valence-corrected chi connectivity index (χ1v) is 7.92. The number of aromatic nitrogens is 2. The van der Waals surface area contributed by atoms with Crippen LogP contribution in [0, 0.1) is 12.8 Å². The van der Waals surface area contributed by atoms with E-state index in [0.29, 0.717) is 0 Å². The molecule has 1 heterocycles. The Morgan fingerprint density at radius 2 is 2.16 bits per heavy atom. The molecule has 1 saturated carbocycles. The summed E-state index contributed by atoms with van der Waals surface area (Å²) in [5.74, 6) is 0.826. The molecular weight excluding hydrogens is 234 g/mol. The Balaban J connectivity index is 1.92. The van der Waals surface area contributed by atoms with Gasteiger partial charge in [0.25, 0.3) is 0 Å². The molecule has 0 saturated heterocycles. The van der Waals surface area contributed by atoms with Crippen LogP contribution in [-0.2, 0) is 13.5 Å². The largest absolute Gasteiger partial charge is 0.314 e. The Kier molecular flexibility index (Phi) is 5.44. The molecule has 0 radical (unpaired) electrons. The van der Waals surface area contributed by atoms with Crippen LogP contribution in [0.1, 0.15) is 56.8 Å². The minimum Gasteiger partial charge on any atom is -0.314 e. The maximum absolute atomic E-state index is 4.47. The summed E-state index contributed by atoms with van der Waals surface area (Å²) in [5, 5.41) is 8.19. The highest BCUT2D eigenvalue weighted by molar-refractivity contribution is 5.09. The predicted molar refractivity (Wildman–Crippen MR) is 80.3 cm³/mol. The van der Waals surface area contributed by atoms with Gasteiger partial charge in [-0.1, -0.05) is 26.2 Å². The van der Waals surface area contributed by atoms with E-state index in [9.17, 15) is 0 Å². The van der Waals surface area contributed by atoms with E-state index >= 15 is 0 Å². The Bertz CT molecular complexity index is 383. The van der Waals surface area contributed by atoms with E-state index in [1.165, 1.54) is 57.2 Å². The van der Waals surface area contributed by atoms with E-state index in [0.717, 1.165) is 17.7 Å². The van der Waals surface area contributed by atoms with Crippen molar-refractivity contribution < 1.29 is 0 Å². The molecule has 1 aliphatic rings. The first kappa shape index (κ1) is 14.6. The second kappa shape index (κ2) is 7.09. The summed E-state index contributed by atoms with van der Waals surface area (Å²) in [6, 6.07) is 2.99. The molecule has 0 aliphatic heterocycles. The summed E-state index contributed by atoms with van der Waals surface area (Å²) in [4.78, 5) is 0. The van der Waals surface area contributed by atoms with Gasteiger partial charge in [-0.15, -0.1) is 0 Å². The fraction of sp³-hybridized carbons (Fsp3) is 0.812. The Morgan fingerprint density at radius 3 is 2.84 bits per heavy atom. The lowest BCUT2D eigenvalue weighted by Gasteiger charge is -2.21. The molecule has 0 spiro atoms. The maximum Gasteiger partial charge on any atom is 0.0596 e. The van der Waals surface area contributed by atoms with Crippen molar-refractivity contribution in [3.05, 3.63) is 17.5 Å². The summed E-state index contributed by atoms with van der Waals surface area (Å²) in [7, 11) is 2.08. The van der Waals surface area contributed by atoms with Crippen LogP contribution in [0.4, 0.5) is 0 Å². The van der Waals surface area contributed by atoms with Gasteiger partial charge in [0.1, 0.15) is 0 Å². The maximum atomic E-state index is 4.47. The van der Waals surface area contributed by atoms with Crippen molar-refractivity contribution in [3.8, 4) is 0 Å². The van der Waals surface area contributed by atoms with Crippen LogP contribution < -0.4 is 5.32 Å².